The summed E-state index contributed by atoms with van der Waals surface area (Å²) in [5.74, 6) is 0.116. The number of fused-ring (bicyclic) bond motifs is 3. The van der Waals surface area contributed by atoms with Crippen molar-refractivity contribution in [3.8, 4) is 0 Å². The van der Waals surface area contributed by atoms with Crippen LogP contribution in [0.1, 0.15) is 5.69 Å². The van der Waals surface area contributed by atoms with E-state index in [-0.39, 0.29) is 5.76 Å². The fourth-order valence-electron chi connectivity index (χ4n) is 1.68. The average Bonchev–Trinajstić information content (AvgIpc) is 2.16. The molecule has 1 aliphatic heterocycles. The molecule has 0 N–H and O–H groups in total. The van der Waals surface area contributed by atoms with Crippen molar-refractivity contribution in [2.45, 2.75) is 0 Å². The Kier molecular flexibility index (Phi) is 1.08. The predicted molar refractivity (Wildman–Crippen MR) is 48.3 cm³/mol. The Morgan fingerprint density at radius 3 is 2.69 bits per heavy atom. The number of rotatable bonds is 0. The largest absolute Gasteiger partial charge is 0.864 e. The number of hydrogen-bond acceptors (Lipinski definition) is 1. The highest BCUT2D eigenvalue weighted by Gasteiger charge is 2.20. The van der Waals surface area contributed by atoms with Crippen LogP contribution in [-0.2, 0) is 0 Å². The molecule has 0 fully saturated rings. The van der Waals surface area contributed by atoms with Crippen LogP contribution in [0.2, 0.25) is 0 Å². The van der Waals surface area contributed by atoms with Gasteiger partial charge in [0.05, 0.1) is 0 Å². The van der Waals surface area contributed by atoms with E-state index in [4.69, 9.17) is 0 Å². The second kappa shape index (κ2) is 2.10. The van der Waals surface area contributed by atoms with Gasteiger partial charge in [0.15, 0.2) is 6.20 Å². The van der Waals surface area contributed by atoms with E-state index in [9.17, 15) is 5.11 Å². The summed E-state index contributed by atoms with van der Waals surface area (Å²) in [4.78, 5) is 0. The first kappa shape index (κ1) is 6.66. The maximum Gasteiger partial charge on any atom is 0.218 e. The van der Waals surface area contributed by atoms with Crippen molar-refractivity contribution in [2.24, 2.45) is 0 Å². The highest BCUT2D eigenvalue weighted by atomic mass is 16.3. The van der Waals surface area contributed by atoms with Crippen molar-refractivity contribution in [2.75, 3.05) is 0 Å². The molecule has 3 rings (SSSR count). The monoisotopic (exact) mass is 169 g/mol. The van der Waals surface area contributed by atoms with Gasteiger partial charge in [-0.3, -0.25) is 0 Å². The lowest BCUT2D eigenvalue weighted by molar-refractivity contribution is -0.567. The SMILES string of the molecule is [O-]C1=C[n+]2c1ccc1ccccc12. The van der Waals surface area contributed by atoms with Crippen LogP contribution in [0.25, 0.3) is 22.9 Å². The van der Waals surface area contributed by atoms with Gasteiger partial charge in [-0.05, 0) is 12.1 Å². The molecule has 2 heterocycles. The molecule has 0 saturated carbocycles. The molecule has 0 radical (unpaired) electrons. The third-order valence-electron chi connectivity index (χ3n) is 2.38. The summed E-state index contributed by atoms with van der Waals surface area (Å²) in [6.45, 7) is 0. The second-order valence-corrected chi connectivity index (χ2v) is 3.14. The maximum absolute atomic E-state index is 11.1. The smallest absolute Gasteiger partial charge is 0.218 e. The molecule has 1 aliphatic rings. The van der Waals surface area contributed by atoms with Crippen molar-refractivity contribution in [3.63, 3.8) is 0 Å². The molecule has 0 unspecified atom stereocenters. The highest BCUT2D eigenvalue weighted by Crippen LogP contribution is 2.18. The van der Waals surface area contributed by atoms with Crippen LogP contribution in [0.4, 0.5) is 0 Å². The first-order valence-corrected chi connectivity index (χ1v) is 4.19. The molecule has 2 aromatic rings. The number of hydrogen-bond donors (Lipinski definition) is 0. The van der Waals surface area contributed by atoms with Gasteiger partial charge in [0.25, 0.3) is 0 Å². The Labute approximate surface area is 75.4 Å². The van der Waals surface area contributed by atoms with Gasteiger partial charge in [-0.2, -0.15) is 4.57 Å². The van der Waals surface area contributed by atoms with Gasteiger partial charge in [0.1, 0.15) is 0 Å². The van der Waals surface area contributed by atoms with Gasteiger partial charge >= 0.3 is 0 Å². The average molecular weight is 169 g/mol. The van der Waals surface area contributed by atoms with Crippen molar-refractivity contribution in [3.05, 3.63) is 42.1 Å². The molecule has 2 nitrogen and oxygen atoms in total. The summed E-state index contributed by atoms with van der Waals surface area (Å²) >= 11 is 0. The third-order valence-corrected chi connectivity index (χ3v) is 2.38. The van der Waals surface area contributed by atoms with E-state index in [1.165, 1.54) is 0 Å². The zero-order valence-electron chi connectivity index (χ0n) is 6.90. The fraction of sp³-hybridized carbons (Fsp3) is 0. The van der Waals surface area contributed by atoms with E-state index < -0.39 is 0 Å². The minimum atomic E-state index is 0.116. The summed E-state index contributed by atoms with van der Waals surface area (Å²) in [5, 5.41) is 12.3. The summed E-state index contributed by atoms with van der Waals surface area (Å²) in [6.07, 6.45) is 1.62. The predicted octanol–water partition coefficient (Wildman–Crippen LogP) is 0.757. The lowest BCUT2D eigenvalue weighted by atomic mass is 10.1. The maximum atomic E-state index is 11.1. The molecule has 0 atom stereocenters. The lowest BCUT2D eigenvalue weighted by Crippen LogP contribution is -2.42. The molecular weight excluding hydrogens is 162 g/mol. The van der Waals surface area contributed by atoms with Gasteiger partial charge in [0, 0.05) is 23.3 Å². The summed E-state index contributed by atoms with van der Waals surface area (Å²) < 4.78 is 1.93. The topological polar surface area (TPSA) is 26.9 Å². The van der Waals surface area contributed by atoms with Gasteiger partial charge in [0.2, 0.25) is 11.2 Å². The molecule has 13 heavy (non-hydrogen) atoms. The Morgan fingerprint density at radius 2 is 1.85 bits per heavy atom. The number of nitrogens with zero attached hydrogens (tertiary/aromatic N) is 1. The quantitative estimate of drug-likeness (QED) is 0.535. The molecule has 0 bridgehead atoms. The first-order chi connectivity index (χ1) is 6.36. The van der Waals surface area contributed by atoms with Crippen molar-refractivity contribution in [1.29, 1.82) is 0 Å². The number of pyridine rings is 1. The van der Waals surface area contributed by atoms with Crippen LogP contribution in [0.15, 0.2) is 36.4 Å². The molecule has 1 aromatic heterocycles. The van der Waals surface area contributed by atoms with Gasteiger partial charge < -0.3 is 5.11 Å². The Bertz CT molecular complexity index is 529. The van der Waals surface area contributed by atoms with Gasteiger partial charge in [-0.15, -0.1) is 0 Å². The highest BCUT2D eigenvalue weighted by molar-refractivity contribution is 5.80. The molecule has 2 heteroatoms. The van der Waals surface area contributed by atoms with Crippen molar-refractivity contribution in [1.82, 2.24) is 0 Å². The zero-order chi connectivity index (χ0) is 8.84. The van der Waals surface area contributed by atoms with Gasteiger partial charge in [-0.1, -0.05) is 12.1 Å². The van der Waals surface area contributed by atoms with E-state index >= 15 is 0 Å². The van der Waals surface area contributed by atoms with Crippen LogP contribution >= 0.6 is 0 Å². The molecule has 0 aliphatic carbocycles. The number of aromatic nitrogens is 1. The number of benzene rings is 1. The molecule has 62 valence electrons. The lowest BCUT2D eigenvalue weighted by Gasteiger charge is -2.16. The van der Waals surface area contributed by atoms with Crippen LogP contribution < -0.4 is 9.67 Å². The molecular formula is C11H7NO. The number of para-hydroxylation sites is 1. The fourth-order valence-corrected chi connectivity index (χ4v) is 1.68. The Morgan fingerprint density at radius 1 is 1.00 bits per heavy atom. The van der Waals surface area contributed by atoms with Crippen LogP contribution in [-0.4, -0.2) is 0 Å². The summed E-state index contributed by atoms with van der Waals surface area (Å²) in [5.41, 5.74) is 1.87. The minimum absolute atomic E-state index is 0.116. The Hall–Kier alpha value is -1.83. The van der Waals surface area contributed by atoms with Crippen molar-refractivity contribution < 1.29 is 9.67 Å². The molecule has 0 saturated heterocycles. The summed E-state index contributed by atoms with van der Waals surface area (Å²) in [6, 6.07) is 11.9. The molecule has 0 amide bonds. The Balaban J connectivity index is 2.44. The standard InChI is InChI=1S/C11H7NO/c13-11-7-12-9-4-2-1-3-8(9)5-6-10(11)12/h1-7H. The van der Waals surface area contributed by atoms with E-state index in [0.717, 1.165) is 16.6 Å². The van der Waals surface area contributed by atoms with E-state index in [2.05, 4.69) is 0 Å². The second-order valence-electron chi connectivity index (χ2n) is 3.14. The van der Waals surface area contributed by atoms with Crippen LogP contribution in [0, 0.1) is 0 Å². The van der Waals surface area contributed by atoms with E-state index in [1.54, 1.807) is 6.20 Å². The molecule has 1 aromatic carbocycles. The van der Waals surface area contributed by atoms with Crippen molar-refractivity contribution >= 4 is 22.9 Å². The van der Waals surface area contributed by atoms with Gasteiger partial charge in [-0.25, -0.2) is 0 Å². The minimum Gasteiger partial charge on any atom is -0.864 e. The first-order valence-electron chi connectivity index (χ1n) is 4.19. The van der Waals surface area contributed by atoms with E-state index in [1.807, 2.05) is 41.0 Å². The van der Waals surface area contributed by atoms with E-state index in [0.29, 0.717) is 0 Å². The summed E-state index contributed by atoms with van der Waals surface area (Å²) in [7, 11) is 0. The zero-order valence-corrected chi connectivity index (χ0v) is 6.90. The molecule has 0 spiro atoms. The van der Waals surface area contributed by atoms with Crippen LogP contribution in [0.5, 0.6) is 0 Å². The van der Waals surface area contributed by atoms with Crippen LogP contribution in [0.3, 0.4) is 0 Å². The normalized spacial score (nSPS) is 13.4. The third kappa shape index (κ3) is 0.746.